The number of rotatable bonds is 3. The summed E-state index contributed by atoms with van der Waals surface area (Å²) < 4.78 is 46.6. The molecule has 11 heteroatoms. The van der Waals surface area contributed by atoms with Gasteiger partial charge < -0.3 is 48.1 Å². The first-order chi connectivity index (χ1) is 15.9. The smallest absolute Gasteiger partial charge is 0.337 e. The summed E-state index contributed by atoms with van der Waals surface area (Å²) in [5.74, 6) is -3.08. The van der Waals surface area contributed by atoms with Crippen LogP contribution in [-0.2, 0) is 42.7 Å². The van der Waals surface area contributed by atoms with Gasteiger partial charge in [0.1, 0.15) is 24.4 Å². The van der Waals surface area contributed by atoms with E-state index in [1.54, 1.807) is 13.8 Å². The summed E-state index contributed by atoms with van der Waals surface area (Å²) >= 11 is 0. The molecule has 0 unspecified atom stereocenters. The second-order valence-corrected chi connectivity index (χ2v) is 10.5. The molecule has 4 fully saturated rings. The van der Waals surface area contributed by atoms with Crippen LogP contribution in [0, 0.1) is 17.8 Å². The highest BCUT2D eigenvalue weighted by Crippen LogP contribution is 2.54. The summed E-state index contributed by atoms with van der Waals surface area (Å²) in [7, 11) is 1.31. The molecule has 0 radical (unpaired) electrons. The Bertz CT molecular complexity index is 839. The van der Waals surface area contributed by atoms with Crippen molar-refractivity contribution in [2.24, 2.45) is 17.8 Å². The van der Waals surface area contributed by atoms with Gasteiger partial charge in [0, 0.05) is 11.8 Å². The van der Waals surface area contributed by atoms with Gasteiger partial charge in [0.05, 0.1) is 37.8 Å². The first kappa shape index (κ1) is 24.4. The van der Waals surface area contributed by atoms with E-state index in [2.05, 4.69) is 0 Å². The monoisotopic (exact) mass is 486 g/mol. The number of esters is 1. The van der Waals surface area contributed by atoms with Crippen LogP contribution in [0.1, 0.15) is 34.6 Å². The molecule has 4 aliphatic heterocycles. The van der Waals surface area contributed by atoms with Gasteiger partial charge in [0.2, 0.25) is 6.29 Å². The maximum absolute atomic E-state index is 12.5. The molecule has 11 atom stereocenters. The fourth-order valence-electron chi connectivity index (χ4n) is 5.88. The minimum atomic E-state index is -1.38. The summed E-state index contributed by atoms with van der Waals surface area (Å²) in [6.45, 7) is 9.29. The Labute approximate surface area is 198 Å². The molecule has 1 saturated carbocycles. The molecule has 0 aromatic rings. The number of carbonyl (C=O) groups excluding carboxylic acids is 1. The third-order valence-electron chi connectivity index (χ3n) is 7.41. The lowest BCUT2D eigenvalue weighted by Gasteiger charge is -2.49. The molecule has 0 amide bonds. The molecule has 3 saturated heterocycles. The third kappa shape index (κ3) is 3.96. The number of aliphatic hydroxyl groups is 2. The van der Waals surface area contributed by atoms with E-state index in [0.717, 1.165) is 0 Å². The van der Waals surface area contributed by atoms with Gasteiger partial charge in [0.25, 0.3) is 0 Å². The van der Waals surface area contributed by atoms with E-state index < -0.39 is 66.6 Å². The predicted octanol–water partition coefficient (Wildman–Crippen LogP) is 0.417. The number of hydrogen-bond acceptors (Lipinski definition) is 11. The van der Waals surface area contributed by atoms with Crippen LogP contribution in [0.15, 0.2) is 11.8 Å². The van der Waals surface area contributed by atoms with Crippen molar-refractivity contribution in [1.29, 1.82) is 0 Å². The SMILES string of the molecule is COC(=O)C1=CO[C@@H](O[C@@H]2O[C@@H]3COC(C)(C)O[C@H]3[C@H](O)[C@H]2O)[C@@H]2[C@H](C)[C@H]3OC(C)(C)O[C@H]3[C@H]12. The van der Waals surface area contributed by atoms with Gasteiger partial charge in [0.15, 0.2) is 17.9 Å². The van der Waals surface area contributed by atoms with E-state index in [1.807, 2.05) is 20.8 Å². The van der Waals surface area contributed by atoms with E-state index in [9.17, 15) is 15.0 Å². The molecule has 0 bridgehead atoms. The Balaban J connectivity index is 1.38. The van der Waals surface area contributed by atoms with Crippen molar-refractivity contribution in [2.75, 3.05) is 13.7 Å². The third-order valence-corrected chi connectivity index (χ3v) is 7.41. The Hall–Kier alpha value is -1.31. The van der Waals surface area contributed by atoms with E-state index in [0.29, 0.717) is 5.57 Å². The molecule has 0 spiro atoms. The summed E-state index contributed by atoms with van der Waals surface area (Å²) in [6.07, 6.45) is -5.49. The average Bonchev–Trinajstić information content (AvgIpc) is 3.23. The Morgan fingerprint density at radius 3 is 2.38 bits per heavy atom. The van der Waals surface area contributed by atoms with Crippen LogP contribution in [0.2, 0.25) is 0 Å². The minimum absolute atomic E-state index is 0.115. The van der Waals surface area contributed by atoms with E-state index >= 15 is 0 Å². The van der Waals surface area contributed by atoms with Gasteiger partial charge in [-0.1, -0.05) is 6.92 Å². The average molecular weight is 487 g/mol. The van der Waals surface area contributed by atoms with Gasteiger partial charge in [-0.2, -0.15) is 0 Å². The summed E-state index contributed by atoms with van der Waals surface area (Å²) in [6, 6.07) is 0. The van der Waals surface area contributed by atoms with Gasteiger partial charge in [-0.25, -0.2) is 4.79 Å². The normalized spacial score (nSPS) is 48.7. The van der Waals surface area contributed by atoms with Crippen LogP contribution in [-0.4, -0.2) is 90.7 Å². The topological polar surface area (TPSA) is 131 Å². The molecule has 5 rings (SSSR count). The fraction of sp³-hybridized carbons (Fsp3) is 0.870. The molecular formula is C23H34O11. The van der Waals surface area contributed by atoms with Gasteiger partial charge in [-0.15, -0.1) is 0 Å². The predicted molar refractivity (Wildman–Crippen MR) is 112 cm³/mol. The van der Waals surface area contributed by atoms with E-state index in [4.69, 9.17) is 37.9 Å². The lowest BCUT2D eigenvalue weighted by Crippen LogP contribution is -2.65. The number of fused-ring (bicyclic) bond motifs is 4. The Kier molecular flexibility index (Phi) is 6.01. The zero-order valence-corrected chi connectivity index (χ0v) is 20.2. The molecule has 0 aromatic carbocycles. The van der Waals surface area contributed by atoms with Crippen LogP contribution in [0.4, 0.5) is 0 Å². The van der Waals surface area contributed by atoms with Crippen molar-refractivity contribution < 1.29 is 52.9 Å². The lowest BCUT2D eigenvalue weighted by atomic mass is 9.82. The second-order valence-electron chi connectivity index (χ2n) is 10.5. The Morgan fingerprint density at radius 1 is 1.00 bits per heavy atom. The van der Waals surface area contributed by atoms with Crippen molar-refractivity contribution in [3.05, 3.63) is 11.8 Å². The second kappa shape index (κ2) is 8.38. The first-order valence-corrected chi connectivity index (χ1v) is 11.7. The summed E-state index contributed by atoms with van der Waals surface area (Å²) in [5, 5.41) is 21.5. The number of methoxy groups -OCH3 is 1. The van der Waals surface area contributed by atoms with Gasteiger partial charge in [-0.05, 0) is 33.6 Å². The van der Waals surface area contributed by atoms with Crippen LogP contribution >= 0.6 is 0 Å². The molecule has 0 aromatic heterocycles. The van der Waals surface area contributed by atoms with Crippen molar-refractivity contribution in [1.82, 2.24) is 0 Å². The van der Waals surface area contributed by atoms with E-state index in [-0.39, 0.29) is 24.5 Å². The summed E-state index contributed by atoms with van der Waals surface area (Å²) in [4.78, 5) is 12.5. The van der Waals surface area contributed by atoms with Crippen molar-refractivity contribution >= 4 is 5.97 Å². The summed E-state index contributed by atoms with van der Waals surface area (Å²) in [5.41, 5.74) is 0.342. The number of carbonyl (C=O) groups is 1. The largest absolute Gasteiger partial charge is 0.472 e. The fourth-order valence-corrected chi connectivity index (χ4v) is 5.88. The maximum atomic E-state index is 12.5. The molecule has 5 aliphatic rings. The highest BCUT2D eigenvalue weighted by molar-refractivity contribution is 5.89. The highest BCUT2D eigenvalue weighted by atomic mass is 16.8. The van der Waals surface area contributed by atoms with Crippen LogP contribution in [0.3, 0.4) is 0 Å². The number of ether oxygens (including phenoxy) is 8. The molecule has 192 valence electrons. The van der Waals surface area contributed by atoms with Crippen LogP contribution < -0.4 is 0 Å². The standard InChI is InChI=1S/C23H34O11/c1-9-12-13(18-16(9)32-23(4,5)34-18)10(19(26)27-6)7-28-20(12)31-21-15(25)14(24)17-11(30-21)8-29-22(2,3)33-17/h7,9,11-18,20-21,24-25H,8H2,1-6H3/t9-,11+,12+,13+,14+,15+,16+,17+,18-,20-,21-/m0/s1. The zero-order chi connectivity index (χ0) is 24.6. The first-order valence-electron chi connectivity index (χ1n) is 11.7. The van der Waals surface area contributed by atoms with Gasteiger partial charge >= 0.3 is 5.97 Å². The highest BCUT2D eigenvalue weighted by Gasteiger charge is 2.63. The van der Waals surface area contributed by atoms with Crippen molar-refractivity contribution in [2.45, 2.75) is 95.4 Å². The molecule has 11 nitrogen and oxygen atoms in total. The Morgan fingerprint density at radius 2 is 1.68 bits per heavy atom. The lowest BCUT2D eigenvalue weighted by molar-refractivity contribution is -0.397. The van der Waals surface area contributed by atoms with E-state index in [1.165, 1.54) is 13.4 Å². The minimum Gasteiger partial charge on any atom is -0.472 e. The van der Waals surface area contributed by atoms with Crippen molar-refractivity contribution in [3.8, 4) is 0 Å². The molecule has 4 heterocycles. The molecule has 1 aliphatic carbocycles. The zero-order valence-electron chi connectivity index (χ0n) is 20.2. The number of aliphatic hydroxyl groups excluding tert-OH is 2. The maximum Gasteiger partial charge on any atom is 0.337 e. The van der Waals surface area contributed by atoms with Gasteiger partial charge in [-0.3, -0.25) is 0 Å². The molecule has 2 N–H and O–H groups in total. The molecular weight excluding hydrogens is 452 g/mol. The number of hydrogen-bond donors (Lipinski definition) is 2. The van der Waals surface area contributed by atoms with Crippen molar-refractivity contribution in [3.63, 3.8) is 0 Å². The molecule has 34 heavy (non-hydrogen) atoms. The van der Waals surface area contributed by atoms with Crippen LogP contribution in [0.5, 0.6) is 0 Å². The quantitative estimate of drug-likeness (QED) is 0.538. The van der Waals surface area contributed by atoms with Crippen LogP contribution in [0.25, 0.3) is 0 Å².